The van der Waals surface area contributed by atoms with Crippen LogP contribution >= 0.6 is 0 Å². The zero-order valence-corrected chi connectivity index (χ0v) is 7.12. The molecule has 0 aliphatic carbocycles. The maximum absolute atomic E-state index is 2.24. The van der Waals surface area contributed by atoms with E-state index in [4.69, 9.17) is 0 Å². The van der Waals surface area contributed by atoms with Crippen molar-refractivity contribution in [1.29, 1.82) is 0 Å². The second kappa shape index (κ2) is 4.77. The Hall–Kier alpha value is -0.0800. The topological polar surface area (TPSA) is 8.88 Å². The zero-order chi connectivity index (χ0) is 7.28. The first-order chi connectivity index (χ1) is 4.20. The summed E-state index contributed by atoms with van der Waals surface area (Å²) in [5.41, 5.74) is 0. The van der Waals surface area contributed by atoms with Gasteiger partial charge in [0.25, 0.3) is 0 Å². The highest BCUT2D eigenvalue weighted by Crippen LogP contribution is 1.36. The minimum absolute atomic E-state index is 1.23. The van der Waals surface area contributed by atoms with Crippen LogP contribution in [-0.4, -0.2) is 33.9 Å². The van der Waals surface area contributed by atoms with Gasteiger partial charge in [-0.1, -0.05) is 0 Å². The maximum atomic E-state index is 2.24. The van der Waals surface area contributed by atoms with E-state index < -0.39 is 0 Å². The Morgan fingerprint density at radius 3 is 1.44 bits per heavy atom. The zero-order valence-electron chi connectivity index (χ0n) is 7.12. The second-order valence-corrected chi connectivity index (χ2v) is 2.80. The third kappa shape index (κ3) is 4.43. The van der Waals surface area contributed by atoms with Crippen LogP contribution < -0.4 is 9.80 Å². The van der Waals surface area contributed by atoms with E-state index in [1.54, 1.807) is 9.80 Å². The van der Waals surface area contributed by atoms with E-state index in [0.29, 0.717) is 0 Å². The average molecular weight is 132 g/mol. The van der Waals surface area contributed by atoms with Gasteiger partial charge in [-0.05, 0) is 13.8 Å². The summed E-state index contributed by atoms with van der Waals surface area (Å²) in [6.45, 7) is 8.15. The summed E-state index contributed by atoms with van der Waals surface area (Å²) in [4.78, 5) is 3.21. The molecule has 0 spiro atoms. The van der Waals surface area contributed by atoms with E-state index in [1.807, 2.05) is 0 Å². The molecule has 9 heavy (non-hydrogen) atoms. The van der Waals surface area contributed by atoms with Crippen molar-refractivity contribution in [2.75, 3.05) is 33.9 Å². The van der Waals surface area contributed by atoms with Crippen LogP contribution in [0.15, 0.2) is 0 Å². The molecule has 0 aliphatic rings. The van der Waals surface area contributed by atoms with Gasteiger partial charge < -0.3 is 0 Å². The summed E-state index contributed by atoms with van der Waals surface area (Å²) >= 11 is 0. The molecule has 0 fully saturated rings. The Morgan fingerprint density at radius 2 is 1.22 bits per heavy atom. The molecule has 2 unspecified atom stereocenters. The lowest BCUT2D eigenvalue weighted by atomic mass is 10.6. The largest absolute Gasteiger partial charge is 0.291 e. The summed E-state index contributed by atoms with van der Waals surface area (Å²) in [6, 6.07) is 0. The monoisotopic (exact) mass is 132 g/mol. The first-order valence-electron chi connectivity index (χ1n) is 3.83. The average Bonchev–Trinajstić information content (AvgIpc) is 1.87. The van der Waals surface area contributed by atoms with Gasteiger partial charge in [0, 0.05) is 0 Å². The van der Waals surface area contributed by atoms with Gasteiger partial charge >= 0.3 is 0 Å². The molecule has 0 aromatic carbocycles. The highest BCUT2D eigenvalue weighted by molar-refractivity contribution is 4.02. The van der Waals surface area contributed by atoms with Crippen molar-refractivity contribution in [2.45, 2.75) is 13.8 Å². The Balaban J connectivity index is 3.22. The van der Waals surface area contributed by atoms with Crippen molar-refractivity contribution in [1.82, 2.24) is 0 Å². The van der Waals surface area contributed by atoms with Crippen LogP contribution in [0.4, 0.5) is 0 Å². The molecule has 2 nitrogen and oxygen atoms in total. The molecule has 0 bridgehead atoms. The first-order valence-corrected chi connectivity index (χ1v) is 3.83. The fourth-order valence-electron chi connectivity index (χ4n) is 0.765. The molecule has 0 aromatic heterocycles. The molecule has 2 heteroatoms. The molecular formula is C7H20N2+2. The predicted molar refractivity (Wildman–Crippen MR) is 39.7 cm³/mol. The highest BCUT2D eigenvalue weighted by Gasteiger charge is 2.02. The van der Waals surface area contributed by atoms with E-state index in [-0.39, 0.29) is 0 Å². The Labute approximate surface area is 58.4 Å². The lowest BCUT2D eigenvalue weighted by Crippen LogP contribution is -3.28. The van der Waals surface area contributed by atoms with E-state index >= 15 is 0 Å². The van der Waals surface area contributed by atoms with Crippen LogP contribution in [0.3, 0.4) is 0 Å². The van der Waals surface area contributed by atoms with Crippen LogP contribution in [0, 0.1) is 0 Å². The van der Waals surface area contributed by atoms with Gasteiger partial charge in [-0.2, -0.15) is 0 Å². The molecule has 0 saturated heterocycles. The highest BCUT2D eigenvalue weighted by atomic mass is 15.3. The van der Waals surface area contributed by atoms with Crippen LogP contribution in [0.5, 0.6) is 0 Å². The molecular weight excluding hydrogens is 112 g/mol. The third-order valence-corrected chi connectivity index (χ3v) is 1.81. The molecule has 0 saturated carbocycles. The fourth-order valence-corrected chi connectivity index (χ4v) is 0.765. The van der Waals surface area contributed by atoms with Crippen molar-refractivity contribution in [3.63, 3.8) is 0 Å². The van der Waals surface area contributed by atoms with Crippen LogP contribution in [0.25, 0.3) is 0 Å². The van der Waals surface area contributed by atoms with Crippen LogP contribution in [0.2, 0.25) is 0 Å². The number of quaternary nitrogens is 2. The lowest BCUT2D eigenvalue weighted by molar-refractivity contribution is -1.07. The summed E-state index contributed by atoms with van der Waals surface area (Å²) in [7, 11) is 4.47. The molecule has 2 N–H and O–H groups in total. The van der Waals surface area contributed by atoms with Crippen molar-refractivity contribution < 1.29 is 9.80 Å². The predicted octanol–water partition coefficient (Wildman–Crippen LogP) is -1.99. The second-order valence-electron chi connectivity index (χ2n) is 2.80. The smallest absolute Gasteiger partial charge is 0.203 e. The Kier molecular flexibility index (Phi) is 4.72. The normalized spacial score (nSPS) is 17.3. The standard InChI is InChI=1S/C7H18N2/c1-5-8(3)7-9(4)6-2/h5-7H2,1-4H3/p+2. The van der Waals surface area contributed by atoms with E-state index in [2.05, 4.69) is 27.9 Å². The molecule has 2 atom stereocenters. The van der Waals surface area contributed by atoms with Crippen molar-refractivity contribution in [2.24, 2.45) is 0 Å². The minimum atomic E-state index is 1.23. The molecule has 0 rings (SSSR count). The molecule has 0 amide bonds. The molecule has 0 aromatic rings. The quantitative estimate of drug-likeness (QED) is 0.410. The van der Waals surface area contributed by atoms with Crippen molar-refractivity contribution >= 4 is 0 Å². The Bertz CT molecular complexity index is 55.9. The summed E-state index contributed by atoms with van der Waals surface area (Å²) in [6.07, 6.45) is 0. The van der Waals surface area contributed by atoms with Gasteiger partial charge in [-0.3, -0.25) is 9.80 Å². The summed E-state index contributed by atoms with van der Waals surface area (Å²) in [5, 5.41) is 0. The summed E-state index contributed by atoms with van der Waals surface area (Å²) in [5.74, 6) is 0. The van der Waals surface area contributed by atoms with Gasteiger partial charge in [-0.25, -0.2) is 0 Å². The summed E-state index contributed by atoms with van der Waals surface area (Å²) < 4.78 is 0. The number of hydrogen-bond acceptors (Lipinski definition) is 0. The van der Waals surface area contributed by atoms with Gasteiger partial charge in [0.05, 0.1) is 27.2 Å². The van der Waals surface area contributed by atoms with Gasteiger partial charge in [0.1, 0.15) is 0 Å². The van der Waals surface area contributed by atoms with Crippen molar-refractivity contribution in [3.05, 3.63) is 0 Å². The molecule has 0 radical (unpaired) electrons. The van der Waals surface area contributed by atoms with Crippen LogP contribution in [0.1, 0.15) is 13.8 Å². The Morgan fingerprint density at radius 1 is 0.889 bits per heavy atom. The van der Waals surface area contributed by atoms with Gasteiger partial charge in [0.2, 0.25) is 6.67 Å². The van der Waals surface area contributed by atoms with E-state index in [9.17, 15) is 0 Å². The number of nitrogens with one attached hydrogen (secondary N) is 2. The van der Waals surface area contributed by atoms with Gasteiger partial charge in [0.15, 0.2) is 0 Å². The fraction of sp³-hybridized carbons (Fsp3) is 1.00. The SMILES string of the molecule is CC[NH+](C)C[NH+](C)CC. The maximum Gasteiger partial charge on any atom is 0.203 e. The molecule has 56 valence electrons. The minimum Gasteiger partial charge on any atom is -0.291 e. The van der Waals surface area contributed by atoms with Gasteiger partial charge in [-0.15, -0.1) is 0 Å². The number of hydrogen-bond donors (Lipinski definition) is 2. The number of rotatable bonds is 4. The molecule has 0 aliphatic heterocycles. The van der Waals surface area contributed by atoms with E-state index in [0.717, 1.165) is 0 Å². The third-order valence-electron chi connectivity index (χ3n) is 1.81. The van der Waals surface area contributed by atoms with Crippen molar-refractivity contribution in [3.8, 4) is 0 Å². The van der Waals surface area contributed by atoms with Crippen LogP contribution in [-0.2, 0) is 0 Å². The lowest BCUT2D eigenvalue weighted by Gasteiger charge is -2.15. The molecule has 0 heterocycles. The first kappa shape index (κ1) is 8.92. The van der Waals surface area contributed by atoms with E-state index in [1.165, 1.54) is 19.8 Å².